The average molecular weight is 1260 g/mol. The highest BCUT2D eigenvalue weighted by Crippen LogP contribution is 2.22. The van der Waals surface area contributed by atoms with Gasteiger partial charge >= 0.3 is 0 Å². The van der Waals surface area contributed by atoms with Gasteiger partial charge < -0.3 is 90.9 Å². The van der Waals surface area contributed by atoms with Gasteiger partial charge in [0.1, 0.15) is 60.1 Å². The van der Waals surface area contributed by atoms with Crippen LogP contribution in [0.15, 0.2) is 90.1 Å². The van der Waals surface area contributed by atoms with Crippen molar-refractivity contribution in [2.75, 3.05) is 32.8 Å². The number of para-hydroxylation sites is 1. The molecule has 3 heterocycles. The third kappa shape index (κ3) is 21.8. The van der Waals surface area contributed by atoms with E-state index in [-0.39, 0.29) is 107 Å². The van der Waals surface area contributed by atoms with Gasteiger partial charge in [0.2, 0.25) is 65.0 Å². The number of unbranched alkanes of at least 4 members (excludes halogenated alkanes) is 1. The zero-order chi connectivity index (χ0) is 66.1. The maximum absolute atomic E-state index is 14.7. The molecule has 1 aromatic heterocycles. The van der Waals surface area contributed by atoms with Gasteiger partial charge in [0.05, 0.1) is 13.2 Å². The predicted octanol–water partition coefficient (Wildman–Crippen LogP) is -2.61. The van der Waals surface area contributed by atoms with Crippen molar-refractivity contribution in [3.8, 4) is 5.75 Å². The molecule has 6 rings (SSSR count). The van der Waals surface area contributed by atoms with Crippen LogP contribution < -0.4 is 70.8 Å². The normalized spacial score (nSPS) is 16.8. The molecule has 492 valence electrons. The highest BCUT2D eigenvalue weighted by Gasteiger charge is 2.40. The third-order valence-corrected chi connectivity index (χ3v) is 15.5. The van der Waals surface area contributed by atoms with Crippen LogP contribution in [0.4, 0.5) is 0 Å². The topological polar surface area (TPSA) is 472 Å². The van der Waals surface area contributed by atoms with Crippen LogP contribution in [0.2, 0.25) is 0 Å². The van der Waals surface area contributed by atoms with E-state index in [0.29, 0.717) is 46.9 Å². The van der Waals surface area contributed by atoms with Crippen molar-refractivity contribution in [2.24, 2.45) is 33.8 Å². The fourth-order valence-corrected chi connectivity index (χ4v) is 10.8. The molecule has 4 aromatic rings. The minimum Gasteiger partial charge on any atom is -0.508 e. The van der Waals surface area contributed by atoms with Crippen LogP contribution in [0.1, 0.15) is 94.7 Å². The van der Waals surface area contributed by atoms with E-state index >= 15 is 0 Å². The first-order valence-electron chi connectivity index (χ1n) is 30.6. The summed E-state index contributed by atoms with van der Waals surface area (Å²) in [4.78, 5) is 160. The van der Waals surface area contributed by atoms with E-state index in [1.54, 1.807) is 68.6 Å². The number of aromatic hydroxyl groups is 1. The summed E-state index contributed by atoms with van der Waals surface area (Å²) in [6.07, 6.45) is 3.19. The largest absolute Gasteiger partial charge is 0.508 e. The van der Waals surface area contributed by atoms with Gasteiger partial charge in [-0.2, -0.15) is 0 Å². The number of guanidine groups is 1. The van der Waals surface area contributed by atoms with E-state index in [1.807, 2.05) is 6.07 Å². The Labute approximate surface area is 526 Å². The number of nitrogens with two attached hydrogens (primary N) is 4. The second-order valence-corrected chi connectivity index (χ2v) is 23.1. The monoisotopic (exact) mass is 1260 g/mol. The van der Waals surface area contributed by atoms with Gasteiger partial charge in [0, 0.05) is 55.9 Å². The standard InChI is InChI=1S/C62H86N16O13/c1-35(2)28-45(55(85)72-44(17-10-26-67-62(65)66)61(91)78-27-11-18-50(78)60(90)69-33-51(64)81)73-53(83)42(16-8-9-25-63)71-56(86)47(30-37-19-21-39(80)22-20-37)75-59(89)49(34-79)77-58(88)48(31-38-32-68-41-15-7-6-14-40(38)41)76-57(87)46(29-36-12-4-3-5-13-36)74-54(84)43-23-24-52(82)70-43/h3-7,12-15,19-22,32,35,42-50,68,79-80H,8-11,16-18,23-31,33-34,63H2,1-2H3,(H2,64,81)(H,69,90)(H,70,82)(H,71,86)(H,72,85)(H,73,83)(H,74,84)(H,75,89)(H,76,87)(H,77,88)(H4,65,66,67)/t42-,43+,44+,45+,46-,47+,48-,49+,50+/m1/s1. The number of carbonyl (C=O) groups is 11. The number of nitrogens with zero attached hydrogens (tertiary/aromatic N) is 2. The molecule has 3 aromatic carbocycles. The number of fused-ring (bicyclic) bond motifs is 1. The first-order chi connectivity index (χ1) is 43.5. The SMILES string of the molecule is CC(C)C[C@H](NC(=O)[C@@H](CCCCN)NC(=O)[C@H](Cc1ccc(O)cc1)NC(=O)[C@H](CO)NC(=O)[C@@H](Cc1c[nH]c2ccccc12)NC(=O)[C@@H](Cc1ccccc1)NC(=O)[C@@H]1CCC(=O)N1)C(=O)N[C@@H](CCCN=C(N)N)C(=O)N1CCC[C@H]1C(=O)NCC(N)=O. The number of phenols is 1. The van der Waals surface area contributed by atoms with Crippen LogP contribution in [-0.2, 0) is 72.0 Å². The van der Waals surface area contributed by atoms with E-state index < -0.39 is 127 Å². The Morgan fingerprint density at radius 1 is 0.637 bits per heavy atom. The second-order valence-electron chi connectivity index (χ2n) is 23.1. The lowest BCUT2D eigenvalue weighted by molar-refractivity contribution is -0.142. The zero-order valence-corrected chi connectivity index (χ0v) is 51.2. The molecular formula is C62H86N16O13. The number of hydrogen-bond acceptors (Lipinski definition) is 15. The number of aliphatic imine (C=N–C) groups is 1. The van der Waals surface area contributed by atoms with E-state index in [9.17, 15) is 63.0 Å². The molecule has 0 unspecified atom stereocenters. The number of rotatable bonds is 35. The Balaban J connectivity index is 1.23. The number of aliphatic hydroxyl groups is 1. The molecule has 0 aliphatic carbocycles. The molecule has 0 bridgehead atoms. The summed E-state index contributed by atoms with van der Waals surface area (Å²) in [6, 6.07) is 9.82. The van der Waals surface area contributed by atoms with E-state index in [2.05, 4.69) is 57.8 Å². The summed E-state index contributed by atoms with van der Waals surface area (Å²) >= 11 is 0. The number of phenolic OH excluding ortho intramolecular Hbond substituents is 1. The van der Waals surface area contributed by atoms with E-state index in [1.165, 1.54) is 29.2 Å². The number of nitrogens with one attached hydrogen (secondary N) is 10. The molecule has 2 aliphatic rings. The van der Waals surface area contributed by atoms with Gasteiger partial charge in [-0.05, 0) is 105 Å². The molecule has 29 heteroatoms. The fraction of sp³-hybridized carbons (Fsp3) is 0.484. The molecular weight excluding hydrogens is 1180 g/mol. The molecule has 91 heavy (non-hydrogen) atoms. The van der Waals surface area contributed by atoms with E-state index in [0.717, 1.165) is 0 Å². The van der Waals surface area contributed by atoms with Crippen LogP contribution in [0.25, 0.3) is 10.9 Å². The fourth-order valence-electron chi connectivity index (χ4n) is 10.8. The Kier molecular flexibility index (Phi) is 27.0. The van der Waals surface area contributed by atoms with Crippen LogP contribution in [0.5, 0.6) is 5.75 Å². The Hall–Kier alpha value is -9.64. The van der Waals surface area contributed by atoms with Crippen molar-refractivity contribution in [2.45, 2.75) is 152 Å². The molecule has 2 aliphatic heterocycles. The maximum atomic E-state index is 14.7. The van der Waals surface area contributed by atoms with Gasteiger partial charge in [-0.25, -0.2) is 0 Å². The Morgan fingerprint density at radius 3 is 1.82 bits per heavy atom. The Morgan fingerprint density at radius 2 is 1.20 bits per heavy atom. The van der Waals surface area contributed by atoms with E-state index in [4.69, 9.17) is 22.9 Å². The number of aromatic amines is 1. The highest BCUT2D eigenvalue weighted by atomic mass is 16.3. The summed E-state index contributed by atoms with van der Waals surface area (Å²) in [6.45, 7) is 2.59. The van der Waals surface area contributed by atoms with Gasteiger partial charge in [-0.15, -0.1) is 0 Å². The molecule has 2 fully saturated rings. The van der Waals surface area contributed by atoms with Crippen molar-refractivity contribution in [3.05, 3.63) is 102 Å². The molecule has 20 N–H and O–H groups in total. The van der Waals surface area contributed by atoms with Crippen LogP contribution in [0.3, 0.4) is 0 Å². The highest BCUT2D eigenvalue weighted by molar-refractivity contribution is 6.00. The summed E-state index contributed by atoms with van der Waals surface area (Å²) in [5.41, 5.74) is 24.6. The van der Waals surface area contributed by atoms with Crippen LogP contribution in [0, 0.1) is 5.92 Å². The summed E-state index contributed by atoms with van der Waals surface area (Å²) < 4.78 is 0. The van der Waals surface area contributed by atoms with Gasteiger partial charge in [0.25, 0.3) is 0 Å². The van der Waals surface area contributed by atoms with Crippen LogP contribution in [-0.4, -0.2) is 178 Å². The van der Waals surface area contributed by atoms with Crippen molar-refractivity contribution < 1.29 is 63.0 Å². The molecule has 29 nitrogen and oxygen atoms in total. The van der Waals surface area contributed by atoms with Crippen molar-refractivity contribution >= 4 is 81.8 Å². The Bertz CT molecular complexity index is 3210. The lowest BCUT2D eigenvalue weighted by atomic mass is 10.00. The summed E-state index contributed by atoms with van der Waals surface area (Å²) in [5.74, 6) is -8.76. The number of carbonyl (C=O) groups excluding carboxylic acids is 11. The molecule has 2 saturated heterocycles. The number of aliphatic hydroxyl groups excluding tert-OH is 1. The van der Waals surface area contributed by atoms with Gasteiger partial charge in [-0.3, -0.25) is 57.7 Å². The summed E-state index contributed by atoms with van der Waals surface area (Å²) in [7, 11) is 0. The third-order valence-electron chi connectivity index (χ3n) is 15.5. The van der Waals surface area contributed by atoms with Gasteiger partial charge in [0.15, 0.2) is 5.96 Å². The number of likely N-dealkylation sites (tertiary alicyclic amines) is 1. The maximum Gasteiger partial charge on any atom is 0.245 e. The zero-order valence-electron chi connectivity index (χ0n) is 51.2. The van der Waals surface area contributed by atoms with Crippen molar-refractivity contribution in [1.82, 2.24) is 57.7 Å². The number of hydrogen-bond donors (Lipinski definition) is 16. The van der Waals surface area contributed by atoms with Gasteiger partial charge in [-0.1, -0.05) is 74.5 Å². The first kappa shape index (κ1) is 70.4. The summed E-state index contributed by atoms with van der Waals surface area (Å²) in [5, 5.41) is 45.6. The smallest absolute Gasteiger partial charge is 0.245 e. The minimum absolute atomic E-state index is 0.00526. The lowest BCUT2D eigenvalue weighted by Crippen LogP contribution is -2.61. The van der Waals surface area contributed by atoms with Crippen LogP contribution >= 0.6 is 0 Å². The predicted molar refractivity (Wildman–Crippen MR) is 335 cm³/mol. The first-order valence-corrected chi connectivity index (χ1v) is 30.6. The number of primary amides is 1. The quantitative estimate of drug-likeness (QED) is 0.0127. The molecule has 0 radical (unpaired) electrons. The molecule has 9 atom stereocenters. The number of H-pyrrole nitrogens is 1. The number of aromatic nitrogens is 1. The number of amides is 11. The minimum atomic E-state index is -1.77. The lowest BCUT2D eigenvalue weighted by Gasteiger charge is -2.30. The average Bonchev–Trinajstić information content (AvgIpc) is 2.69. The van der Waals surface area contributed by atoms with Crippen molar-refractivity contribution in [1.29, 1.82) is 0 Å². The molecule has 0 spiro atoms. The van der Waals surface area contributed by atoms with Crippen molar-refractivity contribution in [3.63, 3.8) is 0 Å². The number of benzene rings is 3. The molecule has 11 amide bonds. The molecule has 0 saturated carbocycles. The second kappa shape index (κ2) is 34.9.